The van der Waals surface area contributed by atoms with Crippen molar-refractivity contribution >= 4 is 24.0 Å². The molecule has 0 radical (unpaired) electrons. The number of hydrazone groups is 1. The van der Waals surface area contributed by atoms with Crippen LogP contribution >= 0.6 is 0 Å². The van der Waals surface area contributed by atoms with E-state index in [0.29, 0.717) is 31.5 Å². The topological polar surface area (TPSA) is 125 Å². The van der Waals surface area contributed by atoms with E-state index in [1.807, 2.05) is 30.3 Å². The number of carbonyl (C=O) groups is 3. The number of hydrogen-bond donors (Lipinski definition) is 3. The first-order chi connectivity index (χ1) is 14.5. The minimum Gasteiger partial charge on any atom is -0.481 e. The van der Waals surface area contributed by atoms with E-state index in [0.717, 1.165) is 22.3 Å². The molecule has 2 aromatic carbocycles. The monoisotopic (exact) mass is 408 g/mol. The molecule has 3 rings (SSSR count). The first kappa shape index (κ1) is 21.0. The number of aryl methyl sites for hydroxylation is 1. The molecule has 0 unspecified atom stereocenters. The number of aliphatic carboxylic acids is 1. The number of nitrogens with zero attached hydrogens (tertiary/aromatic N) is 2. The summed E-state index contributed by atoms with van der Waals surface area (Å²) in [4.78, 5) is 37.3. The average Bonchev–Trinajstić information content (AvgIpc) is 2.90. The van der Waals surface area contributed by atoms with Gasteiger partial charge >= 0.3 is 5.97 Å². The van der Waals surface area contributed by atoms with Crippen molar-refractivity contribution < 1.29 is 19.5 Å². The maximum absolute atomic E-state index is 12.6. The van der Waals surface area contributed by atoms with Crippen molar-refractivity contribution in [2.75, 3.05) is 6.54 Å². The Morgan fingerprint density at radius 3 is 2.60 bits per heavy atom. The van der Waals surface area contributed by atoms with Crippen LogP contribution in [0, 0.1) is 0 Å². The molecule has 0 bridgehead atoms. The molecule has 0 saturated carbocycles. The van der Waals surface area contributed by atoms with Gasteiger partial charge in [-0.05, 0) is 40.8 Å². The van der Waals surface area contributed by atoms with Gasteiger partial charge < -0.3 is 21.2 Å². The van der Waals surface area contributed by atoms with Crippen LogP contribution in [0.4, 0.5) is 0 Å². The zero-order valence-electron chi connectivity index (χ0n) is 16.5. The fourth-order valence-corrected chi connectivity index (χ4v) is 3.38. The molecule has 2 aromatic rings. The quantitative estimate of drug-likeness (QED) is 0.365. The summed E-state index contributed by atoms with van der Waals surface area (Å²) in [6.07, 6.45) is 2.36. The van der Waals surface area contributed by atoms with E-state index in [4.69, 9.17) is 10.9 Å². The fraction of sp³-hybridized carbons (Fsp3) is 0.273. The van der Waals surface area contributed by atoms with Crippen LogP contribution in [-0.2, 0) is 29.1 Å². The van der Waals surface area contributed by atoms with Gasteiger partial charge in [0.25, 0.3) is 5.91 Å². The molecule has 2 amide bonds. The van der Waals surface area contributed by atoms with E-state index in [2.05, 4.69) is 10.4 Å². The standard InChI is InChI=1S/C22H24N4O4/c23-25-13-16-3-1-15(2-4-16)12-24-22(30)18-6-5-17-7-8-20(27)26(10-9-21(28)29)14-19(17)11-18/h1-6,11,13H,7-10,12,14,23H2,(H,24,30)(H,28,29). The third-order valence-corrected chi connectivity index (χ3v) is 5.04. The third-order valence-electron chi connectivity index (χ3n) is 5.04. The molecule has 30 heavy (non-hydrogen) atoms. The molecule has 156 valence electrons. The van der Waals surface area contributed by atoms with Gasteiger partial charge in [-0.2, -0.15) is 5.10 Å². The highest BCUT2D eigenvalue weighted by molar-refractivity contribution is 5.94. The van der Waals surface area contributed by atoms with Crippen LogP contribution in [0.25, 0.3) is 0 Å². The summed E-state index contributed by atoms with van der Waals surface area (Å²) in [6.45, 7) is 0.848. The predicted octanol–water partition coefficient (Wildman–Crippen LogP) is 1.66. The van der Waals surface area contributed by atoms with E-state index >= 15 is 0 Å². The minimum atomic E-state index is -0.941. The van der Waals surface area contributed by atoms with Crippen molar-refractivity contribution in [1.82, 2.24) is 10.2 Å². The Labute approximate surface area is 174 Å². The third kappa shape index (κ3) is 5.44. The van der Waals surface area contributed by atoms with Gasteiger partial charge in [-0.1, -0.05) is 30.3 Å². The number of fused-ring (bicyclic) bond motifs is 1. The lowest BCUT2D eigenvalue weighted by atomic mass is 10.0. The van der Waals surface area contributed by atoms with Crippen LogP contribution in [0.15, 0.2) is 47.6 Å². The van der Waals surface area contributed by atoms with Gasteiger partial charge in [0.2, 0.25) is 5.91 Å². The van der Waals surface area contributed by atoms with Gasteiger partial charge in [0.1, 0.15) is 0 Å². The Hall–Kier alpha value is -3.68. The zero-order valence-corrected chi connectivity index (χ0v) is 16.5. The molecule has 0 aromatic heterocycles. The lowest BCUT2D eigenvalue weighted by molar-refractivity contribution is -0.138. The molecule has 1 heterocycles. The molecule has 1 aliphatic heterocycles. The number of nitrogens with one attached hydrogen (secondary N) is 1. The molecule has 0 aliphatic carbocycles. The number of benzene rings is 2. The van der Waals surface area contributed by atoms with E-state index in [1.165, 1.54) is 0 Å². The van der Waals surface area contributed by atoms with Crippen LogP contribution in [0.3, 0.4) is 0 Å². The van der Waals surface area contributed by atoms with E-state index in [1.54, 1.807) is 23.2 Å². The summed E-state index contributed by atoms with van der Waals surface area (Å²) in [5.74, 6) is 3.91. The number of carboxylic acids is 1. The second kappa shape index (κ2) is 9.69. The second-order valence-electron chi connectivity index (χ2n) is 7.14. The number of hydrogen-bond acceptors (Lipinski definition) is 5. The Bertz CT molecular complexity index is 970. The Morgan fingerprint density at radius 1 is 1.13 bits per heavy atom. The first-order valence-corrected chi connectivity index (χ1v) is 9.68. The van der Waals surface area contributed by atoms with Gasteiger partial charge in [0, 0.05) is 31.6 Å². The summed E-state index contributed by atoms with van der Waals surface area (Å²) >= 11 is 0. The molecule has 0 saturated heterocycles. The van der Waals surface area contributed by atoms with Gasteiger partial charge in [-0.25, -0.2) is 0 Å². The second-order valence-corrected chi connectivity index (χ2v) is 7.14. The Kier molecular flexibility index (Phi) is 6.79. The molecule has 4 N–H and O–H groups in total. The molecule has 8 nitrogen and oxygen atoms in total. The number of amides is 2. The van der Waals surface area contributed by atoms with Crippen LogP contribution in [0.2, 0.25) is 0 Å². The summed E-state index contributed by atoms with van der Waals surface area (Å²) in [5, 5.41) is 15.3. The van der Waals surface area contributed by atoms with E-state index in [9.17, 15) is 14.4 Å². The largest absolute Gasteiger partial charge is 0.481 e. The Morgan fingerprint density at radius 2 is 1.90 bits per heavy atom. The van der Waals surface area contributed by atoms with Crippen molar-refractivity contribution in [1.29, 1.82) is 0 Å². The number of rotatable bonds is 7. The fourth-order valence-electron chi connectivity index (χ4n) is 3.38. The van der Waals surface area contributed by atoms with Crippen molar-refractivity contribution in [3.8, 4) is 0 Å². The van der Waals surface area contributed by atoms with Gasteiger partial charge in [-0.3, -0.25) is 14.4 Å². The van der Waals surface area contributed by atoms with E-state index < -0.39 is 5.97 Å². The molecular formula is C22H24N4O4. The summed E-state index contributed by atoms with van der Waals surface area (Å²) in [5.41, 5.74) is 4.21. The number of nitrogens with two attached hydrogens (primary N) is 1. The first-order valence-electron chi connectivity index (χ1n) is 9.68. The normalized spacial score (nSPS) is 13.7. The Balaban J connectivity index is 1.67. The van der Waals surface area contributed by atoms with Crippen molar-refractivity contribution in [2.24, 2.45) is 10.9 Å². The molecular weight excluding hydrogens is 384 g/mol. The zero-order chi connectivity index (χ0) is 21.5. The highest BCUT2D eigenvalue weighted by Crippen LogP contribution is 2.21. The van der Waals surface area contributed by atoms with Crippen molar-refractivity contribution in [2.45, 2.75) is 32.4 Å². The highest BCUT2D eigenvalue weighted by Gasteiger charge is 2.22. The maximum Gasteiger partial charge on any atom is 0.305 e. The predicted molar refractivity (Wildman–Crippen MR) is 112 cm³/mol. The highest BCUT2D eigenvalue weighted by atomic mass is 16.4. The molecule has 0 atom stereocenters. The smallest absolute Gasteiger partial charge is 0.305 e. The number of carboxylic acid groups (broad SMARTS) is 1. The van der Waals surface area contributed by atoms with Crippen molar-refractivity contribution in [3.05, 3.63) is 70.3 Å². The minimum absolute atomic E-state index is 0.0680. The maximum atomic E-state index is 12.6. The summed E-state index contributed by atoms with van der Waals surface area (Å²) in [6, 6.07) is 12.9. The summed E-state index contributed by atoms with van der Waals surface area (Å²) in [7, 11) is 0. The van der Waals surface area contributed by atoms with E-state index in [-0.39, 0.29) is 24.8 Å². The van der Waals surface area contributed by atoms with Gasteiger partial charge in [0.05, 0.1) is 12.6 Å². The SMILES string of the molecule is NN=Cc1ccc(CNC(=O)c2ccc3c(c2)CN(CCC(=O)O)C(=O)CC3)cc1. The molecule has 8 heteroatoms. The van der Waals surface area contributed by atoms with Crippen molar-refractivity contribution in [3.63, 3.8) is 0 Å². The number of carbonyl (C=O) groups excluding carboxylic acids is 2. The van der Waals surface area contributed by atoms with Gasteiger partial charge in [-0.15, -0.1) is 0 Å². The molecule has 0 spiro atoms. The molecule has 0 fully saturated rings. The lowest BCUT2D eigenvalue weighted by Gasteiger charge is -2.20. The van der Waals surface area contributed by atoms with Crippen LogP contribution in [0.1, 0.15) is 45.5 Å². The molecule has 1 aliphatic rings. The summed E-state index contributed by atoms with van der Waals surface area (Å²) < 4.78 is 0. The lowest BCUT2D eigenvalue weighted by Crippen LogP contribution is -2.31. The van der Waals surface area contributed by atoms with Crippen LogP contribution in [0.5, 0.6) is 0 Å². The van der Waals surface area contributed by atoms with Crippen LogP contribution in [-0.4, -0.2) is 40.5 Å². The average molecular weight is 408 g/mol. The van der Waals surface area contributed by atoms with Gasteiger partial charge in [0.15, 0.2) is 0 Å². The van der Waals surface area contributed by atoms with Crippen LogP contribution < -0.4 is 11.2 Å².